The Labute approximate surface area is 188 Å². The quantitative estimate of drug-likeness (QED) is 0.418. The van der Waals surface area contributed by atoms with Gasteiger partial charge in [0.2, 0.25) is 0 Å². The van der Waals surface area contributed by atoms with E-state index < -0.39 is 24.4 Å². The number of anilines is 2. The van der Waals surface area contributed by atoms with Crippen molar-refractivity contribution in [2.24, 2.45) is 0 Å². The highest BCUT2D eigenvalue weighted by Gasteiger charge is 2.40. The minimum atomic E-state index is -1.24. The first-order valence-electron chi connectivity index (χ1n) is 11.2. The molecule has 8 nitrogen and oxygen atoms in total. The molecule has 2 aromatic rings. The number of aliphatic hydroxyl groups is 4. The van der Waals surface area contributed by atoms with E-state index >= 15 is 0 Å². The van der Waals surface area contributed by atoms with E-state index in [1.165, 1.54) is 5.69 Å². The fraction of sp³-hybridized carbons (Fsp3) is 0.500. The van der Waals surface area contributed by atoms with Crippen LogP contribution in [0.1, 0.15) is 11.1 Å². The number of likely N-dealkylation sites (tertiary alicyclic amines) is 1. The fourth-order valence-electron chi connectivity index (χ4n) is 4.37. The summed E-state index contributed by atoms with van der Waals surface area (Å²) in [4.78, 5) is 4.14. The monoisotopic (exact) mass is 443 g/mol. The topological polar surface area (TPSA) is 109 Å². The van der Waals surface area contributed by atoms with Crippen molar-refractivity contribution < 1.29 is 25.2 Å². The number of nitrogens with one attached hydrogen (secondary N) is 1. The Balaban J connectivity index is 1.30. The molecule has 0 aliphatic carbocycles. The van der Waals surface area contributed by atoms with Crippen molar-refractivity contribution in [1.82, 2.24) is 4.90 Å². The highest BCUT2D eigenvalue weighted by molar-refractivity contribution is 5.55. The van der Waals surface area contributed by atoms with E-state index in [0.29, 0.717) is 13.1 Å². The van der Waals surface area contributed by atoms with Gasteiger partial charge in [-0.25, -0.2) is 0 Å². The molecule has 2 aliphatic rings. The maximum atomic E-state index is 10.1. The zero-order valence-electron chi connectivity index (χ0n) is 18.2. The number of benzene rings is 2. The van der Waals surface area contributed by atoms with Crippen LogP contribution in [-0.2, 0) is 17.8 Å². The van der Waals surface area contributed by atoms with E-state index in [0.717, 1.165) is 43.1 Å². The van der Waals surface area contributed by atoms with Crippen molar-refractivity contribution in [2.45, 2.75) is 37.4 Å². The van der Waals surface area contributed by atoms with Gasteiger partial charge in [0.25, 0.3) is 0 Å². The van der Waals surface area contributed by atoms with Gasteiger partial charge in [-0.15, -0.1) is 0 Å². The summed E-state index contributed by atoms with van der Waals surface area (Å²) in [6, 6.07) is 16.0. The van der Waals surface area contributed by atoms with Crippen LogP contribution in [0.5, 0.6) is 0 Å². The SMILES string of the molecule is OC[C@H]1[C@H](O)[C@@H](O)[C@H](O)CN1Cc1ccc(CNc2ccc(N3CCOCC3)cc2)cc1. The predicted octanol–water partition coefficient (Wildman–Crippen LogP) is 0.395. The molecule has 0 radical (unpaired) electrons. The molecule has 2 saturated heterocycles. The number of morpholine rings is 1. The number of β-amino-alcohol motifs (C(OH)–C–C–N with tert-alkyl or cyclic N) is 1. The average Bonchev–Trinajstić information content (AvgIpc) is 2.83. The largest absolute Gasteiger partial charge is 0.395 e. The number of piperidine rings is 1. The summed E-state index contributed by atoms with van der Waals surface area (Å²) in [6.45, 7) is 4.49. The Morgan fingerprint density at radius 2 is 1.53 bits per heavy atom. The number of ether oxygens (including phenoxy) is 1. The standard InChI is InChI=1S/C24H33N3O5/c28-16-21-23(30)24(31)22(29)15-27(21)14-18-3-1-17(2-4-18)13-25-19-5-7-20(8-6-19)26-9-11-32-12-10-26/h1-8,21-25,28-31H,9-16H2/t21-,22+,23-,24-/m0/s1. The molecule has 174 valence electrons. The Morgan fingerprint density at radius 3 is 2.19 bits per heavy atom. The highest BCUT2D eigenvalue weighted by atomic mass is 16.5. The van der Waals surface area contributed by atoms with Crippen LogP contribution >= 0.6 is 0 Å². The number of hydrogen-bond acceptors (Lipinski definition) is 8. The van der Waals surface area contributed by atoms with Crippen molar-refractivity contribution in [2.75, 3.05) is 49.7 Å². The molecular weight excluding hydrogens is 410 g/mol. The normalized spacial score (nSPS) is 26.8. The molecule has 2 aliphatic heterocycles. The first kappa shape index (κ1) is 23.0. The van der Waals surface area contributed by atoms with Gasteiger partial charge in [0, 0.05) is 44.1 Å². The smallest absolute Gasteiger partial charge is 0.109 e. The molecule has 0 unspecified atom stereocenters. The Bertz CT molecular complexity index is 842. The molecule has 2 fully saturated rings. The van der Waals surface area contributed by atoms with Crippen molar-refractivity contribution in [3.8, 4) is 0 Å². The second-order valence-corrected chi connectivity index (χ2v) is 8.54. The Hall–Kier alpha value is -2.20. The molecule has 0 spiro atoms. The Morgan fingerprint density at radius 1 is 0.875 bits per heavy atom. The maximum Gasteiger partial charge on any atom is 0.109 e. The van der Waals surface area contributed by atoms with E-state index in [9.17, 15) is 20.4 Å². The van der Waals surface area contributed by atoms with Gasteiger partial charge >= 0.3 is 0 Å². The lowest BCUT2D eigenvalue weighted by molar-refractivity contribution is -0.147. The van der Waals surface area contributed by atoms with Crippen LogP contribution < -0.4 is 10.2 Å². The molecule has 0 saturated carbocycles. The molecule has 32 heavy (non-hydrogen) atoms. The minimum absolute atomic E-state index is 0.202. The van der Waals surface area contributed by atoms with Crippen LogP contribution in [0.4, 0.5) is 11.4 Å². The first-order valence-corrected chi connectivity index (χ1v) is 11.2. The van der Waals surface area contributed by atoms with Gasteiger partial charge in [-0.05, 0) is 35.4 Å². The van der Waals surface area contributed by atoms with E-state index in [1.807, 2.05) is 29.2 Å². The van der Waals surface area contributed by atoms with Gasteiger partial charge in [-0.3, -0.25) is 4.90 Å². The van der Waals surface area contributed by atoms with Gasteiger partial charge in [-0.1, -0.05) is 24.3 Å². The summed E-state index contributed by atoms with van der Waals surface area (Å²) >= 11 is 0. The summed E-state index contributed by atoms with van der Waals surface area (Å²) in [6.07, 6.45) is -3.45. The van der Waals surface area contributed by atoms with Crippen molar-refractivity contribution >= 4 is 11.4 Å². The van der Waals surface area contributed by atoms with Gasteiger partial charge in [0.15, 0.2) is 0 Å². The predicted molar refractivity (Wildman–Crippen MR) is 123 cm³/mol. The third kappa shape index (κ3) is 5.40. The molecule has 5 N–H and O–H groups in total. The maximum absolute atomic E-state index is 10.1. The van der Waals surface area contributed by atoms with E-state index in [-0.39, 0.29) is 13.2 Å². The lowest BCUT2D eigenvalue weighted by Gasteiger charge is -2.43. The summed E-state index contributed by atoms with van der Waals surface area (Å²) in [5.41, 5.74) is 4.42. The number of aliphatic hydroxyl groups excluding tert-OH is 4. The molecule has 2 aromatic carbocycles. The first-order chi connectivity index (χ1) is 15.5. The zero-order valence-corrected chi connectivity index (χ0v) is 18.2. The van der Waals surface area contributed by atoms with Gasteiger partial charge in [-0.2, -0.15) is 0 Å². The molecular formula is C24H33N3O5. The third-order valence-corrected chi connectivity index (χ3v) is 6.36. The second kappa shape index (κ2) is 10.6. The van der Waals surface area contributed by atoms with E-state index in [1.54, 1.807) is 0 Å². The van der Waals surface area contributed by atoms with E-state index in [2.05, 4.69) is 34.5 Å². The molecule has 0 bridgehead atoms. The zero-order chi connectivity index (χ0) is 22.5. The number of nitrogens with zero attached hydrogens (tertiary/aromatic N) is 2. The summed E-state index contributed by atoms with van der Waals surface area (Å²) in [7, 11) is 0. The lowest BCUT2D eigenvalue weighted by Crippen LogP contribution is -2.62. The molecule has 0 aromatic heterocycles. The van der Waals surface area contributed by atoms with Gasteiger partial charge in [0.05, 0.1) is 32.0 Å². The second-order valence-electron chi connectivity index (χ2n) is 8.54. The number of hydrogen-bond donors (Lipinski definition) is 5. The summed E-state index contributed by atoms with van der Waals surface area (Å²) in [5.74, 6) is 0. The lowest BCUT2D eigenvalue weighted by atomic mass is 9.93. The van der Waals surface area contributed by atoms with Crippen LogP contribution in [0.25, 0.3) is 0 Å². The van der Waals surface area contributed by atoms with Crippen molar-refractivity contribution in [1.29, 1.82) is 0 Å². The Kier molecular flexibility index (Phi) is 7.62. The minimum Gasteiger partial charge on any atom is -0.395 e. The van der Waals surface area contributed by atoms with Gasteiger partial charge < -0.3 is 35.4 Å². The van der Waals surface area contributed by atoms with Gasteiger partial charge in [0.1, 0.15) is 12.2 Å². The number of rotatable bonds is 7. The van der Waals surface area contributed by atoms with Crippen molar-refractivity contribution in [3.63, 3.8) is 0 Å². The van der Waals surface area contributed by atoms with Crippen LogP contribution in [0.15, 0.2) is 48.5 Å². The van der Waals surface area contributed by atoms with E-state index in [4.69, 9.17) is 4.74 Å². The average molecular weight is 444 g/mol. The third-order valence-electron chi connectivity index (χ3n) is 6.36. The van der Waals surface area contributed by atoms with Crippen LogP contribution in [0.3, 0.4) is 0 Å². The summed E-state index contributed by atoms with van der Waals surface area (Å²) < 4.78 is 5.41. The molecule has 8 heteroatoms. The fourth-order valence-corrected chi connectivity index (χ4v) is 4.37. The summed E-state index contributed by atoms with van der Waals surface area (Å²) in [5, 5.41) is 43.0. The highest BCUT2D eigenvalue weighted by Crippen LogP contribution is 2.22. The molecule has 0 amide bonds. The molecule has 4 atom stereocenters. The molecule has 4 rings (SSSR count). The van der Waals surface area contributed by atoms with Crippen LogP contribution in [-0.4, -0.2) is 89.1 Å². The van der Waals surface area contributed by atoms with Crippen molar-refractivity contribution in [3.05, 3.63) is 59.7 Å². The van der Waals surface area contributed by atoms with Crippen LogP contribution in [0.2, 0.25) is 0 Å². The molecule has 2 heterocycles. The van der Waals surface area contributed by atoms with Crippen LogP contribution in [0, 0.1) is 0 Å².